The molecule has 60 valence electrons. The summed E-state index contributed by atoms with van der Waals surface area (Å²) < 4.78 is 4.61. The van der Waals surface area contributed by atoms with Gasteiger partial charge in [-0.15, -0.1) is 0 Å². The summed E-state index contributed by atoms with van der Waals surface area (Å²) >= 11 is 0. The Morgan fingerprint density at radius 3 is 2.80 bits per heavy atom. The molecule has 0 unspecified atom stereocenters. The molecule has 1 amide bonds. The van der Waals surface area contributed by atoms with E-state index in [0.717, 1.165) is 0 Å². The van der Waals surface area contributed by atoms with Crippen molar-refractivity contribution in [2.45, 2.75) is 6.42 Å². The normalized spacial score (nSPS) is 9.00. The van der Waals surface area contributed by atoms with Gasteiger partial charge in [0.15, 0.2) is 0 Å². The molecule has 0 aliphatic heterocycles. The number of amides is 1. The molecule has 5 nitrogen and oxygen atoms in total. The van der Waals surface area contributed by atoms with Gasteiger partial charge in [-0.2, -0.15) is 0 Å². The van der Waals surface area contributed by atoms with Gasteiger partial charge in [-0.05, 0) is 0 Å². The molecular weight excluding hydrogens is 136 g/mol. The molecule has 0 aromatic carbocycles. The van der Waals surface area contributed by atoms with Crippen LogP contribution in [0.4, 0.5) is 4.79 Å². The fraction of sp³-hybridized carbons (Fsp3) is 0.800. The van der Waals surface area contributed by atoms with E-state index in [9.17, 15) is 4.79 Å². The zero-order valence-corrected chi connectivity index (χ0v) is 5.92. The van der Waals surface area contributed by atoms with Crippen molar-refractivity contribution in [3.63, 3.8) is 0 Å². The second-order valence-electron chi connectivity index (χ2n) is 1.61. The summed E-state index contributed by atoms with van der Waals surface area (Å²) in [5, 5.41) is 2.31. The number of hydrogen-bond donors (Lipinski definition) is 2. The van der Waals surface area contributed by atoms with Gasteiger partial charge in [-0.3, -0.25) is 0 Å². The maximum absolute atomic E-state index is 10.4. The zero-order chi connectivity index (χ0) is 7.82. The average Bonchev–Trinajstić information content (AvgIpc) is 1.98. The standard InChI is InChI=1S/C5H12N2O3/c1-7-5(8)9-3-2-4-10-6/h2-4,6H2,1H3,(H,7,8). The van der Waals surface area contributed by atoms with Gasteiger partial charge in [-0.25, -0.2) is 10.7 Å². The third kappa shape index (κ3) is 5.33. The maximum Gasteiger partial charge on any atom is 0.406 e. The summed E-state index contributed by atoms with van der Waals surface area (Å²) in [5.41, 5.74) is 0. The molecule has 0 radical (unpaired) electrons. The lowest BCUT2D eigenvalue weighted by molar-refractivity contribution is 0.103. The molecule has 3 N–H and O–H groups in total. The Morgan fingerprint density at radius 1 is 1.60 bits per heavy atom. The van der Waals surface area contributed by atoms with Gasteiger partial charge in [0.05, 0.1) is 13.2 Å². The SMILES string of the molecule is CNC(=O)OCCCON. The highest BCUT2D eigenvalue weighted by atomic mass is 16.6. The fourth-order valence-corrected chi connectivity index (χ4v) is 0.379. The predicted octanol–water partition coefficient (Wildman–Crippen LogP) is -0.377. The van der Waals surface area contributed by atoms with Crippen LogP contribution >= 0.6 is 0 Å². The highest BCUT2D eigenvalue weighted by molar-refractivity contribution is 5.66. The Morgan fingerprint density at radius 2 is 2.30 bits per heavy atom. The van der Waals surface area contributed by atoms with Crippen molar-refractivity contribution in [2.24, 2.45) is 5.90 Å². The van der Waals surface area contributed by atoms with Gasteiger partial charge in [0, 0.05) is 13.5 Å². The molecule has 0 heterocycles. The first-order valence-corrected chi connectivity index (χ1v) is 2.97. The van der Waals surface area contributed by atoms with E-state index in [2.05, 4.69) is 14.9 Å². The van der Waals surface area contributed by atoms with Crippen molar-refractivity contribution in [1.29, 1.82) is 0 Å². The van der Waals surface area contributed by atoms with Gasteiger partial charge in [-0.1, -0.05) is 0 Å². The minimum Gasteiger partial charge on any atom is -0.449 e. The van der Waals surface area contributed by atoms with Crippen molar-refractivity contribution in [1.82, 2.24) is 5.32 Å². The van der Waals surface area contributed by atoms with Crippen LogP contribution in [0.1, 0.15) is 6.42 Å². The van der Waals surface area contributed by atoms with Crippen LogP contribution < -0.4 is 11.2 Å². The number of rotatable bonds is 4. The lowest BCUT2D eigenvalue weighted by Crippen LogP contribution is -2.20. The summed E-state index contributed by atoms with van der Waals surface area (Å²) in [7, 11) is 1.50. The van der Waals surface area contributed by atoms with Crippen LogP contribution in [0.2, 0.25) is 0 Å². The highest BCUT2D eigenvalue weighted by Gasteiger charge is 1.94. The van der Waals surface area contributed by atoms with Crippen LogP contribution in [0, 0.1) is 0 Å². The predicted molar refractivity (Wildman–Crippen MR) is 35.2 cm³/mol. The number of nitrogens with two attached hydrogens (primary N) is 1. The number of carbonyl (C=O) groups is 1. The maximum atomic E-state index is 10.4. The molecule has 0 aliphatic carbocycles. The number of ether oxygens (including phenoxy) is 1. The number of carbonyl (C=O) groups excluding carboxylic acids is 1. The Balaban J connectivity index is 2.96. The molecular formula is C5H12N2O3. The lowest BCUT2D eigenvalue weighted by Gasteiger charge is -2.01. The molecule has 0 spiro atoms. The quantitative estimate of drug-likeness (QED) is 0.421. The minimum atomic E-state index is -0.433. The Bertz CT molecular complexity index is 96.9. The van der Waals surface area contributed by atoms with E-state index in [1.165, 1.54) is 7.05 Å². The lowest BCUT2D eigenvalue weighted by atomic mass is 10.5. The number of nitrogens with one attached hydrogen (secondary N) is 1. The molecule has 0 atom stereocenters. The van der Waals surface area contributed by atoms with Crippen molar-refractivity contribution >= 4 is 6.09 Å². The summed E-state index contributed by atoms with van der Waals surface area (Å²) in [5.74, 6) is 4.72. The molecule has 0 bridgehead atoms. The topological polar surface area (TPSA) is 73.6 Å². The van der Waals surface area contributed by atoms with Crippen LogP contribution in [0.5, 0.6) is 0 Å². The second-order valence-corrected chi connectivity index (χ2v) is 1.61. The third-order valence-corrected chi connectivity index (χ3v) is 0.844. The van der Waals surface area contributed by atoms with Crippen molar-refractivity contribution in [3.05, 3.63) is 0 Å². The second kappa shape index (κ2) is 6.31. The van der Waals surface area contributed by atoms with Gasteiger partial charge < -0.3 is 14.9 Å². The van der Waals surface area contributed by atoms with E-state index in [4.69, 9.17) is 5.90 Å². The highest BCUT2D eigenvalue weighted by Crippen LogP contribution is 1.82. The first kappa shape index (κ1) is 9.19. The van der Waals surface area contributed by atoms with Crippen LogP contribution in [0.15, 0.2) is 0 Å². The van der Waals surface area contributed by atoms with Gasteiger partial charge in [0.25, 0.3) is 0 Å². The van der Waals surface area contributed by atoms with Gasteiger partial charge in [0.2, 0.25) is 0 Å². The molecule has 0 saturated heterocycles. The fourth-order valence-electron chi connectivity index (χ4n) is 0.379. The Kier molecular flexibility index (Phi) is 5.80. The van der Waals surface area contributed by atoms with Crippen LogP contribution in [0.3, 0.4) is 0 Å². The number of alkyl carbamates (subject to hydrolysis) is 1. The van der Waals surface area contributed by atoms with E-state index in [0.29, 0.717) is 19.6 Å². The molecule has 10 heavy (non-hydrogen) atoms. The van der Waals surface area contributed by atoms with E-state index in [1.54, 1.807) is 0 Å². The van der Waals surface area contributed by atoms with E-state index >= 15 is 0 Å². The van der Waals surface area contributed by atoms with E-state index in [1.807, 2.05) is 0 Å². The summed E-state index contributed by atoms with van der Waals surface area (Å²) in [6, 6.07) is 0. The van der Waals surface area contributed by atoms with Crippen LogP contribution in [-0.4, -0.2) is 26.4 Å². The molecule has 0 fully saturated rings. The molecule has 0 aliphatic rings. The number of hydrogen-bond acceptors (Lipinski definition) is 4. The zero-order valence-electron chi connectivity index (χ0n) is 5.92. The largest absolute Gasteiger partial charge is 0.449 e. The molecule has 0 rings (SSSR count). The third-order valence-electron chi connectivity index (χ3n) is 0.844. The average molecular weight is 148 g/mol. The van der Waals surface area contributed by atoms with Gasteiger partial charge in [0.1, 0.15) is 0 Å². The van der Waals surface area contributed by atoms with E-state index in [-0.39, 0.29) is 0 Å². The monoisotopic (exact) mass is 148 g/mol. The van der Waals surface area contributed by atoms with Crippen LogP contribution in [-0.2, 0) is 9.57 Å². The molecule has 5 heteroatoms. The van der Waals surface area contributed by atoms with Crippen molar-refractivity contribution < 1.29 is 14.4 Å². The van der Waals surface area contributed by atoms with Crippen LogP contribution in [0.25, 0.3) is 0 Å². The Labute approximate surface area is 59.4 Å². The summed E-state index contributed by atoms with van der Waals surface area (Å²) in [4.78, 5) is 14.6. The smallest absolute Gasteiger partial charge is 0.406 e. The summed E-state index contributed by atoms with van der Waals surface area (Å²) in [6.45, 7) is 0.730. The first-order valence-electron chi connectivity index (χ1n) is 2.97. The molecule has 0 aromatic heterocycles. The first-order chi connectivity index (χ1) is 4.81. The summed E-state index contributed by atoms with van der Waals surface area (Å²) in [6.07, 6.45) is 0.182. The molecule has 0 aromatic rings. The van der Waals surface area contributed by atoms with Crippen molar-refractivity contribution in [2.75, 3.05) is 20.3 Å². The van der Waals surface area contributed by atoms with Gasteiger partial charge >= 0.3 is 6.09 Å². The molecule has 0 saturated carbocycles. The Hall–Kier alpha value is -0.810. The van der Waals surface area contributed by atoms with Crippen molar-refractivity contribution in [3.8, 4) is 0 Å². The minimum absolute atomic E-state index is 0.330. The van der Waals surface area contributed by atoms with E-state index < -0.39 is 6.09 Å².